The Morgan fingerprint density at radius 2 is 1.93 bits per heavy atom. The van der Waals surface area contributed by atoms with Gasteiger partial charge in [-0.15, -0.1) is 0 Å². The van der Waals surface area contributed by atoms with Gasteiger partial charge in [-0.2, -0.15) is 0 Å². The fourth-order valence-corrected chi connectivity index (χ4v) is 2.23. The summed E-state index contributed by atoms with van der Waals surface area (Å²) in [6.07, 6.45) is 2.92. The van der Waals surface area contributed by atoms with E-state index in [0.717, 1.165) is 25.3 Å². The normalized spacial score (nSPS) is 29.2. The minimum absolute atomic E-state index is 0.378. The van der Waals surface area contributed by atoms with Crippen molar-refractivity contribution in [1.29, 1.82) is 0 Å². The van der Waals surface area contributed by atoms with E-state index in [1.54, 1.807) is 0 Å². The number of nitrogens with two attached hydrogens (primary N) is 1. The summed E-state index contributed by atoms with van der Waals surface area (Å²) in [6.45, 7) is 2.09. The van der Waals surface area contributed by atoms with E-state index in [0.29, 0.717) is 11.5 Å². The standard InChI is InChI=1S/C12H15F2N/c1-2-3-8-7-12(8,15)9-4-10(13)6-11(14)5-9/h4-6,8H,2-3,7,15H2,1H3. The van der Waals surface area contributed by atoms with Gasteiger partial charge in [-0.3, -0.25) is 0 Å². The second-order valence-electron chi connectivity index (χ2n) is 4.39. The van der Waals surface area contributed by atoms with Gasteiger partial charge < -0.3 is 5.73 Å². The molecule has 2 atom stereocenters. The van der Waals surface area contributed by atoms with E-state index in [9.17, 15) is 8.78 Å². The highest BCUT2D eigenvalue weighted by molar-refractivity contribution is 5.32. The van der Waals surface area contributed by atoms with Crippen molar-refractivity contribution in [3.63, 3.8) is 0 Å². The van der Waals surface area contributed by atoms with Gasteiger partial charge in [0.2, 0.25) is 0 Å². The average molecular weight is 211 g/mol. The van der Waals surface area contributed by atoms with Crippen LogP contribution < -0.4 is 5.73 Å². The van der Waals surface area contributed by atoms with Gasteiger partial charge in [0, 0.05) is 11.6 Å². The van der Waals surface area contributed by atoms with Crippen LogP contribution in [-0.2, 0) is 5.54 Å². The maximum Gasteiger partial charge on any atom is 0.126 e. The molecule has 1 saturated carbocycles. The molecule has 15 heavy (non-hydrogen) atoms. The molecule has 0 aromatic heterocycles. The zero-order valence-electron chi connectivity index (χ0n) is 8.76. The number of hydrogen-bond acceptors (Lipinski definition) is 1. The first kappa shape index (κ1) is 10.6. The number of halogens is 2. The second-order valence-corrected chi connectivity index (χ2v) is 4.39. The highest BCUT2D eigenvalue weighted by Crippen LogP contribution is 2.52. The first-order chi connectivity index (χ1) is 7.06. The third kappa shape index (κ3) is 1.88. The van der Waals surface area contributed by atoms with Gasteiger partial charge >= 0.3 is 0 Å². The minimum atomic E-state index is -0.544. The molecule has 3 heteroatoms. The van der Waals surface area contributed by atoms with Crippen LogP contribution in [0.5, 0.6) is 0 Å². The Hall–Kier alpha value is -0.960. The first-order valence-electron chi connectivity index (χ1n) is 5.31. The molecule has 0 aliphatic heterocycles. The Kier molecular flexibility index (Phi) is 2.51. The molecule has 1 fully saturated rings. The molecular weight excluding hydrogens is 196 g/mol. The van der Waals surface area contributed by atoms with Crippen molar-refractivity contribution < 1.29 is 8.78 Å². The predicted octanol–water partition coefficient (Wildman–Crippen LogP) is 2.94. The average Bonchev–Trinajstić information content (AvgIpc) is 2.77. The van der Waals surface area contributed by atoms with Crippen molar-refractivity contribution in [1.82, 2.24) is 0 Å². The fraction of sp³-hybridized carbons (Fsp3) is 0.500. The summed E-state index contributed by atoms with van der Waals surface area (Å²) in [7, 11) is 0. The van der Waals surface area contributed by atoms with Crippen LogP contribution in [0, 0.1) is 17.6 Å². The van der Waals surface area contributed by atoms with Gasteiger partial charge in [0.25, 0.3) is 0 Å². The minimum Gasteiger partial charge on any atom is -0.321 e. The van der Waals surface area contributed by atoms with Crippen molar-refractivity contribution >= 4 is 0 Å². The van der Waals surface area contributed by atoms with Crippen LogP contribution in [0.15, 0.2) is 18.2 Å². The van der Waals surface area contributed by atoms with Crippen LogP contribution in [0.25, 0.3) is 0 Å². The summed E-state index contributed by atoms with van der Waals surface area (Å²) in [5.41, 5.74) is 6.21. The Bertz CT molecular complexity index is 358. The summed E-state index contributed by atoms with van der Waals surface area (Å²) >= 11 is 0. The van der Waals surface area contributed by atoms with Crippen molar-refractivity contribution in [2.75, 3.05) is 0 Å². The Morgan fingerprint density at radius 1 is 1.33 bits per heavy atom. The third-order valence-electron chi connectivity index (χ3n) is 3.19. The molecule has 0 spiro atoms. The van der Waals surface area contributed by atoms with E-state index >= 15 is 0 Å². The number of rotatable bonds is 3. The smallest absolute Gasteiger partial charge is 0.126 e. The molecule has 1 aromatic carbocycles. The Balaban J connectivity index is 2.24. The molecule has 1 aliphatic carbocycles. The maximum absolute atomic E-state index is 13.0. The van der Waals surface area contributed by atoms with Gasteiger partial charge in [-0.25, -0.2) is 8.78 Å². The van der Waals surface area contributed by atoms with Crippen molar-refractivity contribution in [2.45, 2.75) is 31.7 Å². The van der Waals surface area contributed by atoms with Crippen molar-refractivity contribution in [3.05, 3.63) is 35.4 Å². The van der Waals surface area contributed by atoms with Gasteiger partial charge in [-0.05, 0) is 36.5 Å². The van der Waals surface area contributed by atoms with Gasteiger partial charge in [0.15, 0.2) is 0 Å². The lowest BCUT2D eigenvalue weighted by molar-refractivity contribution is 0.550. The maximum atomic E-state index is 13.0. The Morgan fingerprint density at radius 3 is 2.47 bits per heavy atom. The molecule has 82 valence electrons. The highest BCUT2D eigenvalue weighted by Gasteiger charge is 2.51. The molecule has 2 unspecified atom stereocenters. The third-order valence-corrected chi connectivity index (χ3v) is 3.19. The lowest BCUT2D eigenvalue weighted by atomic mass is 10.0. The van der Waals surface area contributed by atoms with Crippen LogP contribution >= 0.6 is 0 Å². The largest absolute Gasteiger partial charge is 0.321 e. The molecule has 0 saturated heterocycles. The molecule has 1 aliphatic rings. The molecule has 0 amide bonds. The quantitative estimate of drug-likeness (QED) is 0.817. The van der Waals surface area contributed by atoms with Crippen LogP contribution in [-0.4, -0.2) is 0 Å². The van der Waals surface area contributed by atoms with Gasteiger partial charge in [-0.1, -0.05) is 13.3 Å². The molecule has 1 nitrogen and oxygen atoms in total. The lowest BCUT2D eigenvalue weighted by Crippen LogP contribution is -2.22. The predicted molar refractivity (Wildman–Crippen MR) is 55.2 cm³/mol. The zero-order chi connectivity index (χ0) is 11.1. The number of hydrogen-bond donors (Lipinski definition) is 1. The van der Waals surface area contributed by atoms with Crippen molar-refractivity contribution in [3.8, 4) is 0 Å². The summed E-state index contributed by atoms with van der Waals surface area (Å²) < 4.78 is 26.0. The number of benzene rings is 1. The molecule has 0 heterocycles. The van der Waals surface area contributed by atoms with Crippen LogP contribution in [0.2, 0.25) is 0 Å². The molecule has 1 aromatic rings. The second kappa shape index (κ2) is 3.56. The van der Waals surface area contributed by atoms with E-state index in [2.05, 4.69) is 6.92 Å². The molecule has 2 rings (SSSR count). The molecule has 2 N–H and O–H groups in total. The summed E-state index contributed by atoms with van der Waals surface area (Å²) in [5.74, 6) is -0.711. The zero-order valence-corrected chi connectivity index (χ0v) is 8.76. The van der Waals surface area contributed by atoms with E-state index < -0.39 is 17.2 Å². The summed E-state index contributed by atoms with van der Waals surface area (Å²) in [5, 5.41) is 0. The summed E-state index contributed by atoms with van der Waals surface area (Å²) in [4.78, 5) is 0. The summed E-state index contributed by atoms with van der Waals surface area (Å²) in [6, 6.07) is 3.57. The van der Waals surface area contributed by atoms with E-state index in [1.807, 2.05) is 0 Å². The molecule has 0 radical (unpaired) electrons. The molecule has 0 bridgehead atoms. The fourth-order valence-electron chi connectivity index (χ4n) is 2.23. The monoisotopic (exact) mass is 211 g/mol. The van der Waals surface area contributed by atoms with Crippen LogP contribution in [0.1, 0.15) is 31.7 Å². The SMILES string of the molecule is CCCC1CC1(N)c1cc(F)cc(F)c1. The Labute approximate surface area is 88.3 Å². The van der Waals surface area contributed by atoms with Gasteiger partial charge in [0.05, 0.1) is 0 Å². The highest BCUT2D eigenvalue weighted by atomic mass is 19.1. The first-order valence-corrected chi connectivity index (χ1v) is 5.31. The van der Waals surface area contributed by atoms with Crippen molar-refractivity contribution in [2.24, 2.45) is 11.7 Å². The molecular formula is C12H15F2N. The topological polar surface area (TPSA) is 26.0 Å². The van der Waals surface area contributed by atoms with Crippen LogP contribution in [0.3, 0.4) is 0 Å². The van der Waals surface area contributed by atoms with E-state index in [-0.39, 0.29) is 0 Å². The van der Waals surface area contributed by atoms with Gasteiger partial charge in [0.1, 0.15) is 11.6 Å². The van der Waals surface area contributed by atoms with E-state index in [1.165, 1.54) is 12.1 Å². The van der Waals surface area contributed by atoms with Crippen LogP contribution in [0.4, 0.5) is 8.78 Å². The lowest BCUT2D eigenvalue weighted by Gasteiger charge is -2.12. The van der Waals surface area contributed by atoms with E-state index in [4.69, 9.17) is 5.73 Å².